The number of nitrogens with two attached hydrogens (primary N) is 1. The van der Waals surface area contributed by atoms with Crippen molar-refractivity contribution >= 4 is 0 Å². The van der Waals surface area contributed by atoms with Crippen LogP contribution in [0.15, 0.2) is 0 Å². The van der Waals surface area contributed by atoms with Crippen LogP contribution in [0.5, 0.6) is 0 Å². The lowest BCUT2D eigenvalue weighted by Crippen LogP contribution is -2.27. The first-order valence-corrected chi connectivity index (χ1v) is 6.16. The molecule has 1 aliphatic rings. The fourth-order valence-electron chi connectivity index (χ4n) is 2.13. The lowest BCUT2D eigenvalue weighted by molar-refractivity contribution is 0.322. The van der Waals surface area contributed by atoms with Crippen molar-refractivity contribution in [2.75, 3.05) is 19.6 Å². The molecule has 1 rings (SSSR count). The van der Waals surface area contributed by atoms with E-state index in [9.17, 15) is 0 Å². The average molecular weight is 198 g/mol. The molecule has 0 aliphatic carbocycles. The normalized spacial score (nSPS) is 23.6. The summed E-state index contributed by atoms with van der Waals surface area (Å²) >= 11 is 0. The second-order valence-electron chi connectivity index (χ2n) is 5.09. The zero-order valence-electron chi connectivity index (χ0n) is 9.84. The standard InChI is InChI=1S/C12H26N2/c1-11(2)6-4-3-5-8-14-9-7-12(13)10-14/h11-12H,3-10,13H2,1-2H3. The minimum atomic E-state index is 0.450. The summed E-state index contributed by atoms with van der Waals surface area (Å²) in [6, 6.07) is 0.450. The lowest BCUT2D eigenvalue weighted by atomic mass is 10.1. The molecule has 1 fully saturated rings. The Morgan fingerprint density at radius 2 is 2.07 bits per heavy atom. The summed E-state index contributed by atoms with van der Waals surface area (Å²) < 4.78 is 0. The quantitative estimate of drug-likeness (QED) is 0.663. The minimum absolute atomic E-state index is 0.450. The van der Waals surface area contributed by atoms with E-state index in [1.165, 1.54) is 45.2 Å². The van der Waals surface area contributed by atoms with E-state index in [1.807, 2.05) is 0 Å². The van der Waals surface area contributed by atoms with Crippen molar-refractivity contribution in [2.45, 2.75) is 52.0 Å². The monoisotopic (exact) mass is 198 g/mol. The number of rotatable bonds is 6. The fourth-order valence-corrected chi connectivity index (χ4v) is 2.13. The number of unbranched alkanes of at least 4 members (excludes halogenated alkanes) is 2. The van der Waals surface area contributed by atoms with E-state index in [4.69, 9.17) is 5.73 Å². The van der Waals surface area contributed by atoms with Gasteiger partial charge in [-0.1, -0.05) is 33.1 Å². The highest BCUT2D eigenvalue weighted by atomic mass is 15.2. The van der Waals surface area contributed by atoms with Gasteiger partial charge in [0.2, 0.25) is 0 Å². The van der Waals surface area contributed by atoms with Gasteiger partial charge in [0.1, 0.15) is 0 Å². The van der Waals surface area contributed by atoms with Crippen LogP contribution < -0.4 is 5.73 Å². The minimum Gasteiger partial charge on any atom is -0.326 e. The topological polar surface area (TPSA) is 29.3 Å². The van der Waals surface area contributed by atoms with Crippen LogP contribution in [0.25, 0.3) is 0 Å². The van der Waals surface area contributed by atoms with Gasteiger partial charge < -0.3 is 10.6 Å². The molecule has 1 heterocycles. The largest absolute Gasteiger partial charge is 0.326 e. The van der Waals surface area contributed by atoms with Crippen LogP contribution in [-0.4, -0.2) is 30.6 Å². The third-order valence-electron chi connectivity index (χ3n) is 3.06. The molecule has 1 atom stereocenters. The molecule has 0 radical (unpaired) electrons. The van der Waals surface area contributed by atoms with Gasteiger partial charge in [-0.3, -0.25) is 0 Å². The lowest BCUT2D eigenvalue weighted by Gasteiger charge is -2.14. The maximum absolute atomic E-state index is 5.85. The summed E-state index contributed by atoms with van der Waals surface area (Å²) in [4.78, 5) is 2.51. The number of nitrogens with zero attached hydrogens (tertiary/aromatic N) is 1. The number of hydrogen-bond acceptors (Lipinski definition) is 2. The molecule has 0 aromatic heterocycles. The van der Waals surface area contributed by atoms with E-state index in [0.717, 1.165) is 12.5 Å². The van der Waals surface area contributed by atoms with Crippen LogP contribution >= 0.6 is 0 Å². The summed E-state index contributed by atoms with van der Waals surface area (Å²) in [7, 11) is 0. The molecule has 0 saturated carbocycles. The van der Waals surface area contributed by atoms with Crippen LogP contribution in [0.2, 0.25) is 0 Å². The predicted molar refractivity (Wildman–Crippen MR) is 62.3 cm³/mol. The third kappa shape index (κ3) is 4.97. The molecule has 0 amide bonds. The van der Waals surface area contributed by atoms with E-state index in [2.05, 4.69) is 18.7 Å². The number of hydrogen-bond donors (Lipinski definition) is 1. The highest BCUT2D eigenvalue weighted by Gasteiger charge is 2.17. The first-order valence-electron chi connectivity index (χ1n) is 6.16. The van der Waals surface area contributed by atoms with Gasteiger partial charge in [0.25, 0.3) is 0 Å². The molecule has 2 heteroatoms. The Bertz CT molecular complexity index is 145. The van der Waals surface area contributed by atoms with E-state index in [-0.39, 0.29) is 0 Å². The fraction of sp³-hybridized carbons (Fsp3) is 1.00. The third-order valence-corrected chi connectivity index (χ3v) is 3.06. The Kier molecular flexibility index (Phi) is 5.49. The van der Waals surface area contributed by atoms with Crippen molar-refractivity contribution in [1.82, 2.24) is 4.90 Å². The molecule has 1 aliphatic heterocycles. The van der Waals surface area contributed by atoms with Gasteiger partial charge in [-0.05, 0) is 31.8 Å². The Hall–Kier alpha value is -0.0800. The highest BCUT2D eigenvalue weighted by molar-refractivity contribution is 4.77. The second kappa shape index (κ2) is 6.41. The van der Waals surface area contributed by atoms with E-state index >= 15 is 0 Å². The van der Waals surface area contributed by atoms with Gasteiger partial charge in [-0.15, -0.1) is 0 Å². The summed E-state index contributed by atoms with van der Waals surface area (Å²) in [5, 5.41) is 0. The van der Waals surface area contributed by atoms with Crippen molar-refractivity contribution in [3.05, 3.63) is 0 Å². The van der Waals surface area contributed by atoms with Gasteiger partial charge in [0.05, 0.1) is 0 Å². The highest BCUT2D eigenvalue weighted by Crippen LogP contribution is 2.11. The average Bonchev–Trinajstić information content (AvgIpc) is 2.50. The van der Waals surface area contributed by atoms with Crippen LogP contribution in [0.3, 0.4) is 0 Å². The maximum Gasteiger partial charge on any atom is 0.0180 e. The van der Waals surface area contributed by atoms with Gasteiger partial charge in [0.15, 0.2) is 0 Å². The molecule has 1 unspecified atom stereocenters. The smallest absolute Gasteiger partial charge is 0.0180 e. The zero-order chi connectivity index (χ0) is 10.4. The number of likely N-dealkylation sites (tertiary alicyclic amines) is 1. The van der Waals surface area contributed by atoms with E-state index in [1.54, 1.807) is 0 Å². The van der Waals surface area contributed by atoms with Crippen molar-refractivity contribution in [1.29, 1.82) is 0 Å². The van der Waals surface area contributed by atoms with Crippen molar-refractivity contribution in [2.24, 2.45) is 11.7 Å². The molecular formula is C12H26N2. The second-order valence-corrected chi connectivity index (χ2v) is 5.09. The molecule has 14 heavy (non-hydrogen) atoms. The van der Waals surface area contributed by atoms with E-state index < -0.39 is 0 Å². The molecule has 0 spiro atoms. The van der Waals surface area contributed by atoms with Crippen molar-refractivity contribution < 1.29 is 0 Å². The van der Waals surface area contributed by atoms with Crippen LogP contribution in [0.4, 0.5) is 0 Å². The molecule has 0 bridgehead atoms. The van der Waals surface area contributed by atoms with Crippen LogP contribution in [-0.2, 0) is 0 Å². The summed E-state index contributed by atoms with van der Waals surface area (Å²) in [6.45, 7) is 8.24. The molecule has 0 aromatic rings. The van der Waals surface area contributed by atoms with E-state index in [0.29, 0.717) is 6.04 Å². The first-order chi connectivity index (χ1) is 6.68. The molecule has 0 aromatic carbocycles. The Balaban J connectivity index is 1.89. The SMILES string of the molecule is CC(C)CCCCCN1CCC(N)C1. The van der Waals surface area contributed by atoms with Gasteiger partial charge in [-0.2, -0.15) is 0 Å². The molecule has 2 nitrogen and oxygen atoms in total. The molecule has 1 saturated heterocycles. The van der Waals surface area contributed by atoms with Crippen molar-refractivity contribution in [3.8, 4) is 0 Å². The van der Waals surface area contributed by atoms with Gasteiger partial charge in [-0.25, -0.2) is 0 Å². The van der Waals surface area contributed by atoms with Crippen LogP contribution in [0.1, 0.15) is 46.0 Å². The van der Waals surface area contributed by atoms with Gasteiger partial charge in [0, 0.05) is 12.6 Å². The Labute approximate surface area is 88.8 Å². The van der Waals surface area contributed by atoms with Gasteiger partial charge >= 0.3 is 0 Å². The summed E-state index contributed by atoms with van der Waals surface area (Å²) in [6.07, 6.45) is 6.74. The molecule has 2 N–H and O–H groups in total. The first kappa shape index (κ1) is 12.0. The van der Waals surface area contributed by atoms with Crippen LogP contribution in [0, 0.1) is 5.92 Å². The summed E-state index contributed by atoms with van der Waals surface area (Å²) in [5.74, 6) is 0.871. The Morgan fingerprint density at radius 3 is 2.64 bits per heavy atom. The Morgan fingerprint density at radius 1 is 1.29 bits per heavy atom. The predicted octanol–water partition coefficient (Wildman–Crippen LogP) is 2.24. The maximum atomic E-state index is 5.85. The zero-order valence-corrected chi connectivity index (χ0v) is 9.84. The molecule has 84 valence electrons. The van der Waals surface area contributed by atoms with Crippen molar-refractivity contribution in [3.63, 3.8) is 0 Å². The summed E-state index contributed by atoms with van der Waals surface area (Å²) in [5.41, 5.74) is 5.85. The molecular weight excluding hydrogens is 172 g/mol.